The van der Waals surface area contributed by atoms with Crippen LogP contribution in [0.3, 0.4) is 0 Å². The van der Waals surface area contributed by atoms with E-state index < -0.39 is 0 Å². The van der Waals surface area contributed by atoms with E-state index in [4.69, 9.17) is 0 Å². The lowest BCUT2D eigenvalue weighted by atomic mass is 10.2. The summed E-state index contributed by atoms with van der Waals surface area (Å²) in [5, 5.41) is 0. The Morgan fingerprint density at radius 3 is 2.50 bits per heavy atom. The molecule has 0 radical (unpaired) electrons. The van der Waals surface area contributed by atoms with Gasteiger partial charge in [-0.2, -0.15) is 0 Å². The highest BCUT2D eigenvalue weighted by Crippen LogP contribution is 2.17. The minimum atomic E-state index is 0.0422. The predicted molar refractivity (Wildman–Crippen MR) is 47.4 cm³/mol. The van der Waals surface area contributed by atoms with Gasteiger partial charge in [0.1, 0.15) is 0 Å². The average Bonchev–Trinajstić information content (AvgIpc) is 1.95. The fraction of sp³-hybridized carbons (Fsp3) is 1.00. The van der Waals surface area contributed by atoms with Gasteiger partial charge in [-0.3, -0.25) is 0 Å². The zero-order valence-corrected chi connectivity index (χ0v) is 8.71. The molecule has 0 amide bonds. The van der Waals surface area contributed by atoms with E-state index in [2.05, 4.69) is 30.0 Å². The van der Waals surface area contributed by atoms with Crippen LogP contribution in [0.4, 0.5) is 0 Å². The van der Waals surface area contributed by atoms with Crippen molar-refractivity contribution in [3.8, 4) is 0 Å². The maximum Gasteiger partial charge on any atom is 0.175 e. The van der Waals surface area contributed by atoms with Gasteiger partial charge in [-0.25, -0.2) is 0 Å². The second kappa shape index (κ2) is 3.51. The zero-order valence-electron chi connectivity index (χ0n) is 7.30. The van der Waals surface area contributed by atoms with Crippen molar-refractivity contribution in [2.24, 2.45) is 0 Å². The SMILES string of the molecule is CCCC1N(C)[SiH2]N1CC. The molecule has 1 rings (SSSR count). The van der Waals surface area contributed by atoms with Crippen LogP contribution in [0, 0.1) is 0 Å². The lowest BCUT2D eigenvalue weighted by molar-refractivity contribution is 0.113. The Balaban J connectivity index is 2.25. The molecule has 0 aromatic heterocycles. The monoisotopic (exact) mass is 158 g/mol. The largest absolute Gasteiger partial charge is 0.305 e. The first kappa shape index (κ1) is 8.24. The Kier molecular flexibility index (Phi) is 2.89. The summed E-state index contributed by atoms with van der Waals surface area (Å²) < 4.78 is 5.19. The summed E-state index contributed by atoms with van der Waals surface area (Å²) in [6, 6.07) is 0. The predicted octanol–water partition coefficient (Wildman–Crippen LogP) is 0.379. The number of rotatable bonds is 3. The molecule has 1 heterocycles. The molecule has 3 heteroatoms. The summed E-state index contributed by atoms with van der Waals surface area (Å²) in [6.07, 6.45) is 3.48. The minimum Gasteiger partial charge on any atom is -0.305 e. The summed E-state index contributed by atoms with van der Waals surface area (Å²) in [4.78, 5) is 0. The van der Waals surface area contributed by atoms with E-state index in [1.165, 1.54) is 19.4 Å². The van der Waals surface area contributed by atoms with Crippen molar-refractivity contribution in [2.45, 2.75) is 32.9 Å². The van der Waals surface area contributed by atoms with Crippen molar-refractivity contribution in [1.29, 1.82) is 0 Å². The van der Waals surface area contributed by atoms with Crippen LogP contribution >= 0.6 is 0 Å². The van der Waals surface area contributed by atoms with E-state index >= 15 is 0 Å². The van der Waals surface area contributed by atoms with Gasteiger partial charge in [-0.05, 0) is 20.0 Å². The van der Waals surface area contributed by atoms with Crippen LogP contribution in [0.15, 0.2) is 0 Å². The molecule has 2 nitrogen and oxygen atoms in total. The number of hydrogen-bond donors (Lipinski definition) is 0. The average molecular weight is 158 g/mol. The van der Waals surface area contributed by atoms with Crippen molar-refractivity contribution in [2.75, 3.05) is 13.6 Å². The molecule has 1 aliphatic rings. The van der Waals surface area contributed by atoms with Gasteiger partial charge >= 0.3 is 0 Å². The van der Waals surface area contributed by atoms with Crippen LogP contribution in [0.25, 0.3) is 0 Å². The standard InChI is InChI=1S/C7H18N2Si/c1-4-6-7-8(3)10-9(7)5-2/h7H,4-6,10H2,1-3H3. The van der Waals surface area contributed by atoms with Gasteiger partial charge in [0.15, 0.2) is 9.84 Å². The van der Waals surface area contributed by atoms with Crippen molar-refractivity contribution in [3.63, 3.8) is 0 Å². The lowest BCUT2D eigenvalue weighted by Crippen LogP contribution is -2.64. The van der Waals surface area contributed by atoms with Gasteiger partial charge in [-0.1, -0.05) is 20.3 Å². The topological polar surface area (TPSA) is 6.48 Å². The van der Waals surface area contributed by atoms with E-state index in [9.17, 15) is 0 Å². The van der Waals surface area contributed by atoms with Gasteiger partial charge in [0.2, 0.25) is 0 Å². The van der Waals surface area contributed by atoms with Crippen LogP contribution in [-0.4, -0.2) is 38.7 Å². The molecule has 0 N–H and O–H groups in total. The molecule has 1 aliphatic heterocycles. The van der Waals surface area contributed by atoms with Crippen LogP contribution in [0.1, 0.15) is 26.7 Å². The smallest absolute Gasteiger partial charge is 0.175 e. The lowest BCUT2D eigenvalue weighted by Gasteiger charge is -2.48. The third kappa shape index (κ3) is 1.41. The normalized spacial score (nSPS) is 30.9. The molecule has 10 heavy (non-hydrogen) atoms. The highest BCUT2D eigenvalue weighted by molar-refractivity contribution is 6.31. The Morgan fingerprint density at radius 1 is 1.40 bits per heavy atom. The molecule has 0 aromatic carbocycles. The molecule has 1 saturated heterocycles. The third-order valence-electron chi connectivity index (χ3n) is 2.29. The maximum atomic E-state index is 2.64. The Labute approximate surface area is 66.2 Å². The van der Waals surface area contributed by atoms with Gasteiger partial charge in [0, 0.05) is 0 Å². The highest BCUT2D eigenvalue weighted by Gasteiger charge is 2.30. The van der Waals surface area contributed by atoms with Crippen molar-refractivity contribution >= 4 is 9.84 Å². The molecule has 0 saturated carbocycles. The minimum absolute atomic E-state index is 0.0422. The van der Waals surface area contributed by atoms with Crippen molar-refractivity contribution in [3.05, 3.63) is 0 Å². The Bertz CT molecular complexity index is 108. The quantitative estimate of drug-likeness (QED) is 0.548. The summed E-state index contributed by atoms with van der Waals surface area (Å²) in [5.74, 6) is 0. The van der Waals surface area contributed by atoms with Crippen LogP contribution in [0.2, 0.25) is 0 Å². The second-order valence-corrected chi connectivity index (χ2v) is 5.17. The van der Waals surface area contributed by atoms with E-state index in [-0.39, 0.29) is 9.84 Å². The highest BCUT2D eigenvalue weighted by atomic mass is 28.2. The zero-order chi connectivity index (χ0) is 7.56. The number of nitrogens with zero attached hydrogens (tertiary/aromatic N) is 2. The van der Waals surface area contributed by atoms with Crippen LogP contribution in [0.5, 0.6) is 0 Å². The summed E-state index contributed by atoms with van der Waals surface area (Å²) in [5.41, 5.74) is 0. The van der Waals surface area contributed by atoms with E-state index in [1.807, 2.05) is 0 Å². The van der Waals surface area contributed by atoms with Crippen molar-refractivity contribution in [1.82, 2.24) is 9.13 Å². The molecule has 1 unspecified atom stereocenters. The van der Waals surface area contributed by atoms with Gasteiger partial charge in [-0.15, -0.1) is 0 Å². The second-order valence-electron chi connectivity index (χ2n) is 3.07. The first-order valence-corrected chi connectivity index (χ1v) is 5.50. The molecular formula is C7H18N2Si. The summed E-state index contributed by atoms with van der Waals surface area (Å²) in [6.45, 7) is 5.80. The van der Waals surface area contributed by atoms with Crippen LogP contribution in [-0.2, 0) is 0 Å². The number of hydrogen-bond acceptors (Lipinski definition) is 2. The molecule has 0 spiro atoms. The molecule has 0 aliphatic carbocycles. The van der Waals surface area contributed by atoms with E-state index in [1.54, 1.807) is 0 Å². The first-order chi connectivity index (χ1) is 4.79. The third-order valence-corrected chi connectivity index (χ3v) is 4.39. The molecule has 0 aromatic rings. The molecule has 0 bridgehead atoms. The van der Waals surface area contributed by atoms with Crippen LogP contribution < -0.4 is 0 Å². The Morgan fingerprint density at radius 2 is 2.10 bits per heavy atom. The van der Waals surface area contributed by atoms with Gasteiger partial charge in [0.05, 0.1) is 6.17 Å². The first-order valence-electron chi connectivity index (χ1n) is 4.23. The Hall–Kier alpha value is 0.137. The molecule has 1 atom stereocenters. The van der Waals surface area contributed by atoms with E-state index in [0.29, 0.717) is 0 Å². The fourth-order valence-corrected chi connectivity index (χ4v) is 3.35. The fourth-order valence-electron chi connectivity index (χ4n) is 1.63. The molecule has 60 valence electrons. The van der Waals surface area contributed by atoms with E-state index in [0.717, 1.165) is 6.17 Å². The van der Waals surface area contributed by atoms with Crippen molar-refractivity contribution < 1.29 is 0 Å². The summed E-state index contributed by atoms with van der Waals surface area (Å²) in [7, 11) is 2.30. The van der Waals surface area contributed by atoms with Gasteiger partial charge < -0.3 is 9.13 Å². The molecule has 1 fully saturated rings. The summed E-state index contributed by atoms with van der Waals surface area (Å²) >= 11 is 0. The van der Waals surface area contributed by atoms with Gasteiger partial charge in [0.25, 0.3) is 0 Å². The maximum absolute atomic E-state index is 2.64. The molecular weight excluding hydrogens is 140 g/mol.